The van der Waals surface area contributed by atoms with Crippen LogP contribution >= 0.6 is 22.9 Å². The zero-order chi connectivity index (χ0) is 30.1. The average molecular weight is 621 g/mol. The van der Waals surface area contributed by atoms with Crippen molar-refractivity contribution in [3.63, 3.8) is 0 Å². The van der Waals surface area contributed by atoms with Crippen molar-refractivity contribution in [1.29, 1.82) is 0 Å². The summed E-state index contributed by atoms with van der Waals surface area (Å²) in [5.74, 6) is -1.94. The second-order valence-electron chi connectivity index (χ2n) is 8.41. The maximum absolute atomic E-state index is 13.6. The van der Waals surface area contributed by atoms with Crippen molar-refractivity contribution in [2.45, 2.75) is 11.8 Å². The third-order valence-electron chi connectivity index (χ3n) is 5.91. The number of benzene rings is 2. The molecule has 1 N–H and O–H groups in total. The van der Waals surface area contributed by atoms with Gasteiger partial charge in [0.1, 0.15) is 11.9 Å². The van der Waals surface area contributed by atoms with Crippen molar-refractivity contribution in [1.82, 2.24) is 14.3 Å². The molecule has 214 valence electrons. The Morgan fingerprint density at radius 1 is 1.22 bits per heavy atom. The third kappa shape index (κ3) is 5.84. The lowest BCUT2D eigenvalue weighted by Crippen LogP contribution is -2.32. The van der Waals surface area contributed by atoms with Crippen LogP contribution in [0.4, 0.5) is 15.8 Å². The van der Waals surface area contributed by atoms with Crippen LogP contribution in [0.15, 0.2) is 64.4 Å². The number of nitro groups is 1. The van der Waals surface area contributed by atoms with Crippen LogP contribution in [0, 0.1) is 17.0 Å². The van der Waals surface area contributed by atoms with Gasteiger partial charge in [-0.1, -0.05) is 29.8 Å². The molecule has 41 heavy (non-hydrogen) atoms. The van der Waals surface area contributed by atoms with Crippen LogP contribution in [0.25, 0.3) is 5.69 Å². The summed E-state index contributed by atoms with van der Waals surface area (Å²) in [5, 5.41) is 12.5. The summed E-state index contributed by atoms with van der Waals surface area (Å²) in [6, 6.07) is 12.0. The van der Waals surface area contributed by atoms with Gasteiger partial charge in [-0.2, -0.15) is 0 Å². The van der Waals surface area contributed by atoms with Crippen LogP contribution in [0.3, 0.4) is 0 Å². The number of thiazole rings is 1. The number of sulfonamides is 1. The van der Waals surface area contributed by atoms with Crippen LogP contribution in [0.1, 0.15) is 16.1 Å². The lowest BCUT2D eigenvalue weighted by molar-refractivity contribution is -0.380. The Labute approximate surface area is 241 Å². The molecule has 0 saturated carbocycles. The molecule has 14 nitrogen and oxygen atoms in total. The molecular weight excluding hydrogens is 600 g/mol. The first-order valence-corrected chi connectivity index (χ1v) is 14.2. The molecule has 4 aromatic rings. The van der Waals surface area contributed by atoms with E-state index in [0.717, 1.165) is 16.6 Å². The maximum Gasteiger partial charge on any atom is 0.345 e. The van der Waals surface area contributed by atoms with E-state index in [1.807, 2.05) is 0 Å². The summed E-state index contributed by atoms with van der Waals surface area (Å²) in [4.78, 5) is 51.6. The second-order valence-corrected chi connectivity index (χ2v) is 11.8. The lowest BCUT2D eigenvalue weighted by atomic mass is 10.2. The van der Waals surface area contributed by atoms with Crippen LogP contribution < -0.4 is 15.2 Å². The molecule has 17 heteroatoms. The minimum Gasteiger partial charge on any atom is -0.452 e. The molecule has 0 atom stereocenters. The van der Waals surface area contributed by atoms with E-state index < -0.39 is 39.0 Å². The summed E-state index contributed by atoms with van der Waals surface area (Å²) in [7, 11) is -1.54. The summed E-state index contributed by atoms with van der Waals surface area (Å²) in [6.45, 7) is 0.795. The Morgan fingerprint density at radius 2 is 1.90 bits per heavy atom. The number of amides is 1. The fourth-order valence-corrected chi connectivity index (χ4v) is 5.90. The van der Waals surface area contributed by atoms with Gasteiger partial charge in [-0.15, -0.1) is 0 Å². The van der Waals surface area contributed by atoms with Gasteiger partial charge in [0.2, 0.25) is 0 Å². The zero-order valence-electron chi connectivity index (χ0n) is 21.6. The first kappa shape index (κ1) is 29.4. The third-order valence-corrected chi connectivity index (χ3v) is 8.86. The fraction of sp³-hybridized carbons (Fsp3) is 0.167. The molecule has 4 rings (SSSR count). The molecule has 0 bridgehead atoms. The van der Waals surface area contributed by atoms with Gasteiger partial charge in [-0.25, -0.2) is 22.9 Å². The Morgan fingerprint density at radius 3 is 2.54 bits per heavy atom. The predicted octanol–water partition coefficient (Wildman–Crippen LogP) is 3.12. The first-order valence-electron chi connectivity index (χ1n) is 11.5. The smallest absolute Gasteiger partial charge is 0.345 e. The summed E-state index contributed by atoms with van der Waals surface area (Å²) < 4.78 is 35.7. The SMILES string of the molecule is Cc1c(N(C)S(=O)(=O)c2ccc(Cl)c(C(=O)OCC(=O)Nc3ncc([N+](=O)[O-])s3)c2)c(=O)n(-c2ccccc2)n1C. The number of aromatic nitrogens is 3. The number of carbonyl (C=O) groups excluding carboxylic acids is 2. The van der Waals surface area contributed by atoms with Gasteiger partial charge < -0.3 is 4.74 Å². The highest BCUT2D eigenvalue weighted by molar-refractivity contribution is 7.92. The van der Waals surface area contributed by atoms with E-state index in [9.17, 15) is 32.9 Å². The number of esters is 1. The number of anilines is 2. The Kier molecular flexibility index (Phi) is 8.27. The van der Waals surface area contributed by atoms with Crippen molar-refractivity contribution >= 4 is 60.7 Å². The largest absolute Gasteiger partial charge is 0.452 e. The zero-order valence-corrected chi connectivity index (χ0v) is 24.0. The summed E-state index contributed by atoms with van der Waals surface area (Å²) in [6.07, 6.45) is 0.961. The molecule has 2 aromatic carbocycles. The number of nitrogens with one attached hydrogen (secondary N) is 1. The van der Waals surface area contributed by atoms with Gasteiger partial charge in [0.05, 0.1) is 31.8 Å². The van der Waals surface area contributed by atoms with E-state index in [4.69, 9.17) is 16.3 Å². The number of rotatable bonds is 9. The first-order chi connectivity index (χ1) is 19.3. The lowest BCUT2D eigenvalue weighted by Gasteiger charge is -2.18. The Bertz CT molecular complexity index is 1830. The van der Waals surface area contributed by atoms with E-state index >= 15 is 0 Å². The van der Waals surface area contributed by atoms with Gasteiger partial charge in [-0.05, 0) is 48.6 Å². The van der Waals surface area contributed by atoms with Gasteiger partial charge in [0.15, 0.2) is 11.7 Å². The normalized spacial score (nSPS) is 11.2. The maximum atomic E-state index is 13.6. The van der Waals surface area contributed by atoms with Crippen molar-refractivity contribution < 1.29 is 27.7 Å². The van der Waals surface area contributed by atoms with Crippen molar-refractivity contribution in [2.24, 2.45) is 7.05 Å². The molecular formula is C24H21ClN6O8S2. The standard InChI is InChI=1S/C24H21ClN6O8S2/c1-14-21(22(33)30(28(14)2)15-7-5-4-6-8-15)29(3)41(37,38)16-9-10-18(25)17(11-16)23(34)39-13-19(32)27-24-26-12-20(40-24)31(35)36/h4-12H,13H2,1-3H3,(H,26,27,32). The van der Waals surface area contributed by atoms with Crippen LogP contribution in [-0.2, 0) is 26.6 Å². The van der Waals surface area contributed by atoms with Crippen molar-refractivity contribution in [2.75, 3.05) is 23.3 Å². The number of halogens is 1. The van der Waals surface area contributed by atoms with Crippen LogP contribution in [0.5, 0.6) is 0 Å². The predicted molar refractivity (Wildman–Crippen MR) is 150 cm³/mol. The van der Waals surface area contributed by atoms with E-state index in [0.29, 0.717) is 22.7 Å². The molecule has 2 heterocycles. The second kappa shape index (κ2) is 11.5. The molecule has 0 unspecified atom stereocenters. The number of hydrogen-bond acceptors (Lipinski definition) is 10. The number of para-hydroxylation sites is 1. The van der Waals surface area contributed by atoms with E-state index in [-0.39, 0.29) is 31.3 Å². The van der Waals surface area contributed by atoms with Gasteiger partial charge in [-0.3, -0.25) is 34.0 Å². The van der Waals surface area contributed by atoms with Crippen molar-refractivity contribution in [3.8, 4) is 5.69 Å². The molecule has 2 aromatic heterocycles. The number of ether oxygens (including phenoxy) is 1. The van der Waals surface area contributed by atoms with E-state index in [1.165, 1.54) is 28.5 Å². The highest BCUT2D eigenvalue weighted by Gasteiger charge is 2.30. The summed E-state index contributed by atoms with van der Waals surface area (Å²) >= 11 is 6.73. The fourth-order valence-electron chi connectivity index (χ4n) is 3.79. The molecule has 0 spiro atoms. The van der Waals surface area contributed by atoms with Gasteiger partial charge >= 0.3 is 11.0 Å². The van der Waals surface area contributed by atoms with Crippen LogP contribution in [-0.4, -0.2) is 53.2 Å². The molecule has 0 saturated heterocycles. The molecule has 0 aliphatic heterocycles. The number of nitrogens with zero attached hydrogens (tertiary/aromatic N) is 5. The van der Waals surface area contributed by atoms with Gasteiger partial charge in [0, 0.05) is 14.1 Å². The highest BCUT2D eigenvalue weighted by atomic mass is 35.5. The minimum absolute atomic E-state index is 0.0746. The number of hydrogen-bond donors (Lipinski definition) is 1. The van der Waals surface area contributed by atoms with Crippen molar-refractivity contribution in [3.05, 3.63) is 91.5 Å². The Balaban J connectivity index is 1.55. The molecule has 1 amide bonds. The molecule has 0 aliphatic rings. The van der Waals surface area contributed by atoms with Gasteiger partial charge in [0.25, 0.3) is 21.5 Å². The minimum atomic E-state index is -4.37. The quantitative estimate of drug-likeness (QED) is 0.167. The monoisotopic (exact) mass is 620 g/mol. The van der Waals surface area contributed by atoms with E-state index in [1.54, 1.807) is 44.3 Å². The number of carbonyl (C=O) groups is 2. The van der Waals surface area contributed by atoms with Crippen LogP contribution in [0.2, 0.25) is 5.02 Å². The molecule has 0 radical (unpaired) electrons. The Hall–Kier alpha value is -4.54. The molecule has 0 aliphatic carbocycles. The topological polar surface area (TPSA) is 176 Å². The highest BCUT2D eigenvalue weighted by Crippen LogP contribution is 2.28. The molecule has 0 fully saturated rings. The summed E-state index contributed by atoms with van der Waals surface area (Å²) in [5.41, 5.74) is -0.115. The average Bonchev–Trinajstić information content (AvgIpc) is 3.49. The van der Waals surface area contributed by atoms with E-state index in [2.05, 4.69) is 10.3 Å².